The number of oxazole rings is 1. The van der Waals surface area contributed by atoms with E-state index in [1.165, 1.54) is 0 Å². The fourth-order valence-electron chi connectivity index (χ4n) is 2.21. The predicted octanol–water partition coefficient (Wildman–Crippen LogP) is 3.05. The first-order chi connectivity index (χ1) is 8.84. The lowest BCUT2D eigenvalue weighted by atomic mass is 9.83. The first-order valence-corrected chi connectivity index (χ1v) is 6.73. The molecule has 1 aromatic heterocycles. The van der Waals surface area contributed by atoms with E-state index in [0.717, 1.165) is 17.5 Å². The highest BCUT2D eigenvalue weighted by Crippen LogP contribution is 2.31. The monoisotopic (exact) mass is 262 g/mol. The van der Waals surface area contributed by atoms with Crippen molar-refractivity contribution in [2.75, 3.05) is 0 Å². The van der Waals surface area contributed by atoms with E-state index >= 15 is 0 Å². The normalized spacial score (nSPS) is 13.9. The summed E-state index contributed by atoms with van der Waals surface area (Å²) >= 11 is 0. The number of aromatic nitrogens is 1. The fraction of sp³-hybridized carbons (Fsp3) is 0.533. The Kier molecular flexibility index (Phi) is 3.54. The highest BCUT2D eigenvalue weighted by atomic mass is 16.4. The average Bonchev–Trinajstić information content (AvgIpc) is 2.63. The van der Waals surface area contributed by atoms with Crippen LogP contribution in [0.25, 0.3) is 11.1 Å². The highest BCUT2D eigenvalue weighted by molar-refractivity contribution is 5.74. The Balaban J connectivity index is 2.51. The molecule has 1 heterocycles. The molecular formula is C15H22N2O2. The molecule has 4 heteroatoms. The zero-order valence-corrected chi connectivity index (χ0v) is 12.1. The summed E-state index contributed by atoms with van der Waals surface area (Å²) in [5.41, 5.74) is 8.67. The van der Waals surface area contributed by atoms with Crippen LogP contribution in [-0.2, 0) is 6.54 Å². The molecule has 0 amide bonds. The van der Waals surface area contributed by atoms with Gasteiger partial charge in [0.05, 0.1) is 5.52 Å². The summed E-state index contributed by atoms with van der Waals surface area (Å²) in [5.74, 6) is -0.293. The molecule has 4 nitrogen and oxygen atoms in total. The zero-order chi connectivity index (χ0) is 14.2. The topological polar surface area (TPSA) is 61.2 Å². The largest absolute Gasteiger partial charge is 0.419 e. The van der Waals surface area contributed by atoms with Gasteiger partial charge in [0.1, 0.15) is 0 Å². The van der Waals surface area contributed by atoms with Gasteiger partial charge in [-0.1, -0.05) is 33.8 Å². The Bertz CT molecular complexity index is 632. The van der Waals surface area contributed by atoms with Gasteiger partial charge in [-0.3, -0.25) is 4.57 Å². The summed E-state index contributed by atoms with van der Waals surface area (Å²) in [6.07, 6.45) is 0.901. The minimum Gasteiger partial charge on any atom is -0.408 e. The van der Waals surface area contributed by atoms with Crippen LogP contribution in [0.1, 0.15) is 45.7 Å². The lowest BCUT2D eigenvalue weighted by molar-refractivity contribution is 0.327. The van der Waals surface area contributed by atoms with Crippen molar-refractivity contribution >= 4 is 11.1 Å². The van der Waals surface area contributed by atoms with E-state index in [2.05, 4.69) is 20.8 Å². The molecular weight excluding hydrogens is 240 g/mol. The van der Waals surface area contributed by atoms with Crippen LogP contribution in [0.3, 0.4) is 0 Å². The van der Waals surface area contributed by atoms with Crippen LogP contribution in [0.2, 0.25) is 0 Å². The third-order valence-electron chi connectivity index (χ3n) is 3.43. The lowest BCUT2D eigenvalue weighted by Gasteiger charge is -2.27. The quantitative estimate of drug-likeness (QED) is 0.924. The summed E-state index contributed by atoms with van der Waals surface area (Å²) in [6.45, 7) is 9.01. The molecule has 2 N–H and O–H groups in total. The van der Waals surface area contributed by atoms with Gasteiger partial charge in [0.2, 0.25) is 0 Å². The van der Waals surface area contributed by atoms with Gasteiger partial charge in [0.25, 0.3) is 0 Å². The zero-order valence-electron chi connectivity index (χ0n) is 12.1. The van der Waals surface area contributed by atoms with Gasteiger partial charge in [-0.05, 0) is 29.5 Å². The molecule has 2 rings (SSSR count). The number of hydrogen-bond acceptors (Lipinski definition) is 3. The van der Waals surface area contributed by atoms with Gasteiger partial charge >= 0.3 is 5.76 Å². The number of rotatable bonds is 3. The standard InChI is InChI=1S/C15H22N2O2/c1-5-8-17-11-7-6-10(13(16)15(2,3)4)9-12(11)19-14(17)18/h6-7,9,13H,5,8,16H2,1-4H3. The van der Waals surface area contributed by atoms with Gasteiger partial charge < -0.3 is 10.2 Å². The molecule has 1 unspecified atom stereocenters. The third-order valence-corrected chi connectivity index (χ3v) is 3.43. The number of fused-ring (bicyclic) bond motifs is 1. The van der Waals surface area contributed by atoms with Crippen molar-refractivity contribution < 1.29 is 4.42 Å². The van der Waals surface area contributed by atoms with E-state index in [1.54, 1.807) is 4.57 Å². The maximum absolute atomic E-state index is 11.8. The van der Waals surface area contributed by atoms with Crippen molar-refractivity contribution in [3.63, 3.8) is 0 Å². The molecule has 0 saturated heterocycles. The second-order valence-electron chi connectivity index (χ2n) is 6.09. The first kappa shape index (κ1) is 13.9. The summed E-state index contributed by atoms with van der Waals surface area (Å²) in [6, 6.07) is 5.71. The van der Waals surface area contributed by atoms with Gasteiger partial charge in [0, 0.05) is 12.6 Å². The van der Waals surface area contributed by atoms with E-state index in [-0.39, 0.29) is 17.2 Å². The minimum absolute atomic E-state index is 0.0278. The third kappa shape index (κ3) is 2.59. The average molecular weight is 262 g/mol. The Morgan fingerprint density at radius 1 is 1.37 bits per heavy atom. The Hall–Kier alpha value is -1.55. The molecule has 0 fully saturated rings. The molecule has 0 bridgehead atoms. The van der Waals surface area contributed by atoms with Crippen LogP contribution >= 0.6 is 0 Å². The summed E-state index contributed by atoms with van der Waals surface area (Å²) in [7, 11) is 0. The van der Waals surface area contributed by atoms with Gasteiger partial charge in [-0.15, -0.1) is 0 Å². The number of benzene rings is 1. The first-order valence-electron chi connectivity index (χ1n) is 6.73. The second-order valence-corrected chi connectivity index (χ2v) is 6.09. The van der Waals surface area contributed by atoms with Crippen LogP contribution in [-0.4, -0.2) is 4.57 Å². The maximum Gasteiger partial charge on any atom is 0.419 e. The Morgan fingerprint density at radius 2 is 2.05 bits per heavy atom. The predicted molar refractivity (Wildman–Crippen MR) is 77.1 cm³/mol. The number of hydrogen-bond donors (Lipinski definition) is 1. The van der Waals surface area contributed by atoms with E-state index in [0.29, 0.717) is 12.1 Å². The van der Waals surface area contributed by atoms with Crippen LogP contribution in [0.15, 0.2) is 27.4 Å². The van der Waals surface area contributed by atoms with Crippen molar-refractivity contribution in [3.05, 3.63) is 34.3 Å². The molecule has 0 aliphatic carbocycles. The van der Waals surface area contributed by atoms with Gasteiger partial charge in [-0.25, -0.2) is 4.79 Å². The Morgan fingerprint density at radius 3 is 2.63 bits per heavy atom. The fourth-order valence-corrected chi connectivity index (χ4v) is 2.21. The molecule has 0 aliphatic heterocycles. The van der Waals surface area contributed by atoms with Gasteiger partial charge in [0.15, 0.2) is 5.58 Å². The number of nitrogens with zero attached hydrogens (tertiary/aromatic N) is 1. The van der Waals surface area contributed by atoms with E-state index in [9.17, 15) is 4.79 Å². The SMILES string of the molecule is CCCn1c(=O)oc2cc(C(N)C(C)(C)C)ccc21. The lowest BCUT2D eigenvalue weighted by Crippen LogP contribution is -2.26. The smallest absolute Gasteiger partial charge is 0.408 e. The molecule has 0 saturated carbocycles. The molecule has 1 atom stereocenters. The molecule has 19 heavy (non-hydrogen) atoms. The molecule has 0 spiro atoms. The minimum atomic E-state index is -0.293. The second kappa shape index (κ2) is 4.85. The van der Waals surface area contributed by atoms with Crippen molar-refractivity contribution in [1.29, 1.82) is 0 Å². The molecule has 104 valence electrons. The van der Waals surface area contributed by atoms with Crippen molar-refractivity contribution in [3.8, 4) is 0 Å². The van der Waals surface area contributed by atoms with Crippen molar-refractivity contribution in [1.82, 2.24) is 4.57 Å². The summed E-state index contributed by atoms with van der Waals surface area (Å²) < 4.78 is 6.98. The van der Waals surface area contributed by atoms with Crippen LogP contribution in [0.5, 0.6) is 0 Å². The van der Waals surface area contributed by atoms with E-state index in [4.69, 9.17) is 10.2 Å². The Labute approximate surface area is 113 Å². The maximum atomic E-state index is 11.8. The van der Waals surface area contributed by atoms with Gasteiger partial charge in [-0.2, -0.15) is 0 Å². The number of nitrogens with two attached hydrogens (primary N) is 1. The van der Waals surface area contributed by atoms with Crippen LogP contribution in [0, 0.1) is 5.41 Å². The van der Waals surface area contributed by atoms with Crippen molar-refractivity contribution in [2.45, 2.75) is 46.7 Å². The number of aryl methyl sites for hydroxylation is 1. The molecule has 0 radical (unpaired) electrons. The van der Waals surface area contributed by atoms with Crippen molar-refractivity contribution in [2.24, 2.45) is 11.1 Å². The summed E-state index contributed by atoms with van der Waals surface area (Å²) in [5, 5.41) is 0. The summed E-state index contributed by atoms with van der Waals surface area (Å²) in [4.78, 5) is 11.8. The molecule has 1 aromatic carbocycles. The van der Waals surface area contributed by atoms with Crippen LogP contribution < -0.4 is 11.5 Å². The highest BCUT2D eigenvalue weighted by Gasteiger charge is 2.23. The molecule has 0 aliphatic rings. The van der Waals surface area contributed by atoms with Crippen LogP contribution in [0.4, 0.5) is 0 Å². The van der Waals surface area contributed by atoms with E-state index < -0.39 is 0 Å². The molecule has 2 aromatic rings. The van der Waals surface area contributed by atoms with E-state index in [1.807, 2.05) is 25.1 Å².